The smallest absolute Gasteiger partial charge is 0.519 e. The Hall–Kier alpha value is -0.440. The number of hydrogen-bond donors (Lipinski definition) is 1. The molecule has 0 atom stereocenters. The van der Waals surface area contributed by atoms with Gasteiger partial charge in [-0.05, 0) is 6.82 Å². The number of rotatable bonds is 1. The van der Waals surface area contributed by atoms with Gasteiger partial charge in [-0.15, -0.1) is 0 Å². The molecular formula is C2H4B2O3. The maximum Gasteiger partial charge on any atom is 0.520 e. The van der Waals surface area contributed by atoms with Crippen molar-refractivity contribution in [2.24, 2.45) is 0 Å². The molecule has 36 valence electrons. The Labute approximate surface area is 43.2 Å². The molecule has 0 amide bonds. The predicted octanol–water partition coefficient (Wildman–Crippen LogP) is -0.598. The quantitative estimate of drug-likeness (QED) is 0.445. The first kappa shape index (κ1) is 6.56. The van der Waals surface area contributed by atoms with Crippen LogP contribution in [-0.4, -0.2) is 25.9 Å². The van der Waals surface area contributed by atoms with Crippen molar-refractivity contribution in [3.05, 3.63) is 0 Å². The third kappa shape index (κ3) is 5.56. The highest BCUT2D eigenvalue weighted by molar-refractivity contribution is 6.60. The molecule has 0 unspecified atom stereocenters. The molecule has 5 heteroatoms. The van der Waals surface area contributed by atoms with Crippen molar-refractivity contribution < 1.29 is 14.5 Å². The lowest BCUT2D eigenvalue weighted by Gasteiger charge is -1.97. The van der Waals surface area contributed by atoms with Crippen LogP contribution >= 0.6 is 0 Å². The minimum absolute atomic E-state index is 0.963. The van der Waals surface area contributed by atoms with E-state index in [9.17, 15) is 4.79 Å². The highest BCUT2D eigenvalue weighted by Gasteiger charge is 2.04. The predicted molar refractivity (Wildman–Crippen MR) is 26.1 cm³/mol. The van der Waals surface area contributed by atoms with Crippen molar-refractivity contribution in [2.75, 3.05) is 0 Å². The number of hydrogen-bond acceptors (Lipinski definition) is 3. The Morgan fingerprint density at radius 2 is 2.43 bits per heavy atom. The van der Waals surface area contributed by atoms with Crippen LogP contribution in [0.15, 0.2) is 0 Å². The zero-order valence-electron chi connectivity index (χ0n) is 3.92. The Bertz CT molecular complexity index is 71.3. The molecule has 0 saturated carbocycles. The molecule has 0 rings (SSSR count). The summed E-state index contributed by atoms with van der Waals surface area (Å²) >= 11 is 0. The van der Waals surface area contributed by atoms with Gasteiger partial charge in [0.25, 0.3) is 0 Å². The van der Waals surface area contributed by atoms with Gasteiger partial charge in [-0.1, -0.05) is 0 Å². The third-order valence-electron chi connectivity index (χ3n) is 0.287. The molecule has 0 aliphatic rings. The summed E-state index contributed by atoms with van der Waals surface area (Å²) in [7, 11) is 3.37. The van der Waals surface area contributed by atoms with Gasteiger partial charge in [-0.3, -0.25) is 4.79 Å². The SMILES string of the molecule is [B]C(=O)OB(C)O. The van der Waals surface area contributed by atoms with E-state index in [1.54, 1.807) is 0 Å². The van der Waals surface area contributed by atoms with Gasteiger partial charge in [0.1, 0.15) is 0 Å². The summed E-state index contributed by atoms with van der Waals surface area (Å²) in [6, 6.07) is 0. The Balaban J connectivity index is 3.13. The van der Waals surface area contributed by atoms with Crippen molar-refractivity contribution in [2.45, 2.75) is 6.82 Å². The lowest BCUT2D eigenvalue weighted by atomic mass is 9.95. The second-order valence-electron chi connectivity index (χ2n) is 1.04. The molecule has 0 bridgehead atoms. The highest BCUT2D eigenvalue weighted by Crippen LogP contribution is 1.77. The van der Waals surface area contributed by atoms with Gasteiger partial charge < -0.3 is 9.68 Å². The van der Waals surface area contributed by atoms with Crippen LogP contribution in [0.2, 0.25) is 6.82 Å². The van der Waals surface area contributed by atoms with Crippen molar-refractivity contribution in [3.63, 3.8) is 0 Å². The molecule has 0 spiro atoms. The molecule has 0 fully saturated rings. The molecular weight excluding hydrogens is 93.6 g/mol. The van der Waals surface area contributed by atoms with E-state index in [0.29, 0.717) is 0 Å². The van der Waals surface area contributed by atoms with Gasteiger partial charge in [-0.25, -0.2) is 0 Å². The average molecular weight is 97.7 g/mol. The molecule has 0 aliphatic heterocycles. The number of carbonyl (C=O) groups is 1. The van der Waals surface area contributed by atoms with Gasteiger partial charge in [-0.2, -0.15) is 0 Å². The minimum atomic E-state index is -1.10. The molecule has 1 N–H and O–H groups in total. The summed E-state index contributed by atoms with van der Waals surface area (Å²) in [6.07, 6.45) is 0. The number of carbonyl (C=O) groups excluding carboxylic acids is 1. The van der Waals surface area contributed by atoms with Gasteiger partial charge in [0, 0.05) is 0 Å². The van der Waals surface area contributed by atoms with E-state index < -0.39 is 13.0 Å². The van der Waals surface area contributed by atoms with Crippen LogP contribution in [0.3, 0.4) is 0 Å². The second-order valence-corrected chi connectivity index (χ2v) is 1.04. The van der Waals surface area contributed by atoms with Crippen LogP contribution in [0.25, 0.3) is 0 Å². The van der Waals surface area contributed by atoms with Crippen LogP contribution in [-0.2, 0) is 4.65 Å². The summed E-state index contributed by atoms with van der Waals surface area (Å²) in [4.78, 5) is 9.65. The molecule has 0 aromatic rings. The van der Waals surface area contributed by atoms with E-state index in [1.807, 2.05) is 0 Å². The van der Waals surface area contributed by atoms with E-state index in [2.05, 4.69) is 12.5 Å². The van der Waals surface area contributed by atoms with Crippen LogP contribution in [0.4, 0.5) is 4.79 Å². The van der Waals surface area contributed by atoms with Crippen LogP contribution < -0.4 is 0 Å². The van der Waals surface area contributed by atoms with Crippen LogP contribution in [0, 0.1) is 0 Å². The Morgan fingerprint density at radius 1 is 2.00 bits per heavy atom. The lowest BCUT2D eigenvalue weighted by molar-refractivity contribution is 0.217. The Kier molecular flexibility index (Phi) is 2.52. The summed E-state index contributed by atoms with van der Waals surface area (Å²) in [5, 5.41) is 8.20. The normalized spacial score (nSPS) is 7.71. The van der Waals surface area contributed by atoms with Gasteiger partial charge >= 0.3 is 7.12 Å². The van der Waals surface area contributed by atoms with Crippen LogP contribution in [0.5, 0.6) is 0 Å². The van der Waals surface area contributed by atoms with Crippen molar-refractivity contribution in [3.8, 4) is 0 Å². The monoisotopic (exact) mass is 98.0 g/mol. The average Bonchev–Trinajstić information content (AvgIpc) is 1.27. The summed E-state index contributed by atoms with van der Waals surface area (Å²) in [5.41, 5.74) is 0. The zero-order chi connectivity index (χ0) is 5.86. The maximum absolute atomic E-state index is 9.65. The fourth-order valence-corrected chi connectivity index (χ4v) is 0.168. The summed E-state index contributed by atoms with van der Waals surface area (Å²) < 4.78 is 3.94. The van der Waals surface area contributed by atoms with Gasteiger partial charge in [0.05, 0.1) is 0 Å². The van der Waals surface area contributed by atoms with E-state index in [-0.39, 0.29) is 0 Å². The fraction of sp³-hybridized carbons (Fsp3) is 0.500. The first-order valence-corrected chi connectivity index (χ1v) is 1.77. The van der Waals surface area contributed by atoms with Crippen molar-refractivity contribution in [1.82, 2.24) is 0 Å². The molecule has 0 aromatic heterocycles. The van der Waals surface area contributed by atoms with E-state index in [4.69, 9.17) is 5.02 Å². The highest BCUT2D eigenvalue weighted by atomic mass is 16.6. The van der Waals surface area contributed by atoms with Gasteiger partial charge in [0.2, 0.25) is 13.7 Å². The van der Waals surface area contributed by atoms with E-state index in [1.165, 1.54) is 6.82 Å². The Morgan fingerprint density at radius 3 is 2.43 bits per heavy atom. The standard InChI is InChI=1S/C2H4B2O3/c1-4(6)7-2(3)5/h6H,1H3. The maximum atomic E-state index is 9.65. The molecule has 0 saturated heterocycles. The van der Waals surface area contributed by atoms with E-state index >= 15 is 0 Å². The molecule has 0 heterocycles. The van der Waals surface area contributed by atoms with Crippen molar-refractivity contribution >= 4 is 20.8 Å². The largest absolute Gasteiger partial charge is 0.520 e. The first-order valence-electron chi connectivity index (χ1n) is 1.77. The van der Waals surface area contributed by atoms with Gasteiger partial charge in [0.15, 0.2) is 0 Å². The molecule has 0 aromatic carbocycles. The summed E-state index contributed by atoms with van der Waals surface area (Å²) in [6.45, 7) is 1.30. The second kappa shape index (κ2) is 2.69. The van der Waals surface area contributed by atoms with Crippen molar-refractivity contribution in [1.29, 1.82) is 0 Å². The molecule has 3 nitrogen and oxygen atoms in total. The minimum Gasteiger partial charge on any atom is -0.519 e. The summed E-state index contributed by atoms with van der Waals surface area (Å²) in [5.74, 6) is -0.963. The van der Waals surface area contributed by atoms with Crippen LogP contribution in [0.1, 0.15) is 0 Å². The lowest BCUT2D eigenvalue weighted by Crippen LogP contribution is -2.16. The molecule has 2 radical (unpaired) electrons. The molecule has 7 heavy (non-hydrogen) atoms. The third-order valence-corrected chi connectivity index (χ3v) is 0.287. The topological polar surface area (TPSA) is 46.5 Å². The van der Waals surface area contributed by atoms with E-state index in [0.717, 1.165) is 0 Å². The zero-order valence-corrected chi connectivity index (χ0v) is 3.92. The molecule has 0 aliphatic carbocycles. The first-order chi connectivity index (χ1) is 3.13. The fourth-order valence-electron chi connectivity index (χ4n) is 0.168.